The van der Waals surface area contributed by atoms with Crippen molar-refractivity contribution >= 4 is 47.8 Å². The summed E-state index contributed by atoms with van der Waals surface area (Å²) in [5.74, 6) is -2.94. The van der Waals surface area contributed by atoms with Crippen molar-refractivity contribution in [3.8, 4) is 12.3 Å². The Kier molecular flexibility index (Phi) is 24.4. The highest BCUT2D eigenvalue weighted by Gasteiger charge is 2.29. The van der Waals surface area contributed by atoms with E-state index >= 15 is 0 Å². The fraction of sp³-hybridized carbons (Fsp3) is 0.515. The summed E-state index contributed by atoms with van der Waals surface area (Å²) in [5, 5.41) is 32.6. The summed E-state index contributed by atoms with van der Waals surface area (Å²) in [6, 6.07) is 6.68. The van der Waals surface area contributed by atoms with E-state index in [0.29, 0.717) is 38.8 Å². The molecule has 276 valence electrons. The Labute approximate surface area is 292 Å². The van der Waals surface area contributed by atoms with Crippen LogP contribution >= 0.6 is 0 Å². The number of unbranched alkanes of at least 4 members (excludes halogenated alkanes) is 1. The molecule has 0 aromatic heterocycles. The molecule has 1 fully saturated rings. The van der Waals surface area contributed by atoms with Crippen molar-refractivity contribution in [3.05, 3.63) is 35.9 Å². The Morgan fingerprint density at radius 2 is 1.44 bits per heavy atom. The quantitative estimate of drug-likeness (QED) is 0.0487. The lowest BCUT2D eigenvalue weighted by Crippen LogP contribution is -2.55. The molecule has 17 nitrogen and oxygen atoms in total. The lowest BCUT2D eigenvalue weighted by Gasteiger charge is -2.23. The van der Waals surface area contributed by atoms with Crippen LogP contribution in [0.4, 0.5) is 0 Å². The highest BCUT2D eigenvalue weighted by Crippen LogP contribution is 2.05. The third-order valence-corrected chi connectivity index (χ3v) is 6.76. The Balaban J connectivity index is 0.00000206. The van der Waals surface area contributed by atoms with Crippen LogP contribution in [-0.2, 0) is 33.6 Å². The van der Waals surface area contributed by atoms with Gasteiger partial charge in [-0.3, -0.25) is 39.0 Å². The molecule has 2 unspecified atom stereocenters. The molecular formula is C33H51N9O8. The normalized spacial score (nSPS) is 18.1. The lowest BCUT2D eigenvalue weighted by molar-refractivity contribution is -0.140. The molecule has 0 radical (unpaired) electrons. The van der Waals surface area contributed by atoms with Crippen molar-refractivity contribution < 1.29 is 38.7 Å². The van der Waals surface area contributed by atoms with Gasteiger partial charge in [-0.25, -0.2) is 0 Å². The minimum Gasteiger partial charge on any atom is -0.481 e. The van der Waals surface area contributed by atoms with E-state index in [2.05, 4.69) is 67.9 Å². The van der Waals surface area contributed by atoms with Crippen LogP contribution in [0.3, 0.4) is 0 Å². The third kappa shape index (κ3) is 22.1. The Morgan fingerprint density at radius 3 is 1.96 bits per heavy atom. The van der Waals surface area contributed by atoms with Gasteiger partial charge in [-0.2, -0.15) is 0 Å². The molecule has 1 saturated heterocycles. The van der Waals surface area contributed by atoms with E-state index in [1.54, 1.807) is 7.05 Å². The van der Waals surface area contributed by atoms with Gasteiger partial charge in [0, 0.05) is 19.4 Å². The van der Waals surface area contributed by atoms with Crippen LogP contribution in [0.5, 0.6) is 0 Å². The maximum Gasteiger partial charge on any atom is 0.305 e. The predicted molar refractivity (Wildman–Crippen MR) is 186 cm³/mol. The molecule has 1 aromatic carbocycles. The van der Waals surface area contributed by atoms with E-state index in [0.717, 1.165) is 6.34 Å². The first-order valence-electron chi connectivity index (χ1n) is 16.1. The second-order valence-electron chi connectivity index (χ2n) is 11.0. The van der Waals surface area contributed by atoms with E-state index in [1.807, 2.05) is 18.2 Å². The molecule has 50 heavy (non-hydrogen) atoms. The number of aryl methyl sites for hydroxylation is 1. The molecule has 17 heteroatoms. The summed E-state index contributed by atoms with van der Waals surface area (Å²) in [6.45, 7) is 1.83. The number of carbonyl (C=O) groups is 7. The number of rotatable bonds is 13. The van der Waals surface area contributed by atoms with E-state index in [4.69, 9.17) is 16.9 Å². The largest absolute Gasteiger partial charge is 0.481 e. The standard InChI is InChI=1S/C25H39N7O8.C7H8.CH4N2/c1-3-4-10-19(33)27-12-6-5-8-17-25(40)32-16(9-7-11-26-2)23(38)28-15-21(35)31-18(13-22(36)37)24(39)29-14-20(34)30-17;1-7-5-3-2-4-6-7;2-1-3/h1,16-18,26H,4-15H2,2H3,(H,27,33)(H,28,38)(H,29,39)(H,30,34)(H,31,35)(H,32,40)(H,36,37);2-6H,1H3;1H,(H3,2,3)/t16?,17-,18?;;/m0../s1. The maximum absolute atomic E-state index is 13.1. The van der Waals surface area contributed by atoms with E-state index in [-0.39, 0.29) is 25.2 Å². The fourth-order valence-corrected chi connectivity index (χ4v) is 4.26. The van der Waals surface area contributed by atoms with Gasteiger partial charge in [-0.05, 0) is 52.6 Å². The fourth-order valence-electron chi connectivity index (χ4n) is 4.26. The molecular weight excluding hydrogens is 650 g/mol. The van der Waals surface area contributed by atoms with Gasteiger partial charge in [0.1, 0.15) is 18.1 Å². The van der Waals surface area contributed by atoms with Crippen molar-refractivity contribution in [1.29, 1.82) is 5.41 Å². The minimum atomic E-state index is -1.49. The molecule has 0 bridgehead atoms. The highest BCUT2D eigenvalue weighted by molar-refractivity contribution is 5.97. The van der Waals surface area contributed by atoms with Crippen molar-refractivity contribution in [1.82, 2.24) is 37.2 Å². The van der Waals surface area contributed by atoms with Gasteiger partial charge in [0.25, 0.3) is 0 Å². The van der Waals surface area contributed by atoms with E-state index < -0.39 is 73.1 Å². The van der Waals surface area contributed by atoms with E-state index in [9.17, 15) is 33.6 Å². The summed E-state index contributed by atoms with van der Waals surface area (Å²) in [7, 11) is 1.73. The summed E-state index contributed by atoms with van der Waals surface area (Å²) in [5.41, 5.74) is 5.71. The van der Waals surface area contributed by atoms with Crippen LogP contribution in [0, 0.1) is 24.7 Å². The summed E-state index contributed by atoms with van der Waals surface area (Å²) in [4.78, 5) is 86.2. The zero-order chi connectivity index (χ0) is 37.7. The lowest BCUT2D eigenvalue weighted by atomic mass is 10.1. The van der Waals surface area contributed by atoms with Crippen LogP contribution in [0.2, 0.25) is 0 Å². The van der Waals surface area contributed by atoms with Crippen molar-refractivity contribution in [2.24, 2.45) is 5.73 Å². The van der Waals surface area contributed by atoms with Crippen molar-refractivity contribution in [2.45, 2.75) is 76.4 Å². The molecule has 3 atom stereocenters. The number of aliphatic carboxylic acids is 1. The average Bonchev–Trinajstić information content (AvgIpc) is 3.07. The van der Waals surface area contributed by atoms with Crippen LogP contribution < -0.4 is 43.0 Å². The summed E-state index contributed by atoms with van der Waals surface area (Å²) < 4.78 is 0. The Morgan fingerprint density at radius 1 is 0.900 bits per heavy atom. The number of carboxylic acid groups (broad SMARTS) is 1. The van der Waals surface area contributed by atoms with Gasteiger partial charge >= 0.3 is 5.97 Å². The SMILES string of the molecule is C#CCCC(=O)NCCCC[C@@H]1NC(=O)CNC(=O)C(CC(=O)O)NC(=O)CNC(=O)C(CCCNC)NC1=O.Cc1ccccc1.N=CN. The van der Waals surface area contributed by atoms with Gasteiger partial charge < -0.3 is 48.1 Å². The molecule has 0 saturated carbocycles. The van der Waals surface area contributed by atoms with Crippen LogP contribution in [0.25, 0.3) is 0 Å². The maximum atomic E-state index is 13.1. The first kappa shape index (κ1) is 44.5. The number of benzene rings is 1. The van der Waals surface area contributed by atoms with Crippen LogP contribution in [-0.4, -0.2) is 104 Å². The first-order chi connectivity index (χ1) is 23.9. The number of hydrogen-bond donors (Lipinski definition) is 10. The minimum absolute atomic E-state index is 0.165. The van der Waals surface area contributed by atoms with Crippen molar-refractivity contribution in [3.63, 3.8) is 0 Å². The van der Waals surface area contributed by atoms with Gasteiger partial charge in [0.05, 0.1) is 25.8 Å². The topological polar surface area (TPSA) is 274 Å². The Bertz CT molecular complexity index is 1290. The van der Waals surface area contributed by atoms with E-state index in [1.165, 1.54) is 5.56 Å². The molecule has 6 amide bonds. The van der Waals surface area contributed by atoms with Crippen molar-refractivity contribution in [2.75, 3.05) is 33.2 Å². The second-order valence-corrected chi connectivity index (χ2v) is 11.0. The molecule has 1 aliphatic rings. The number of hydrogen-bond acceptors (Lipinski definition) is 9. The first-order valence-corrected chi connectivity index (χ1v) is 16.1. The monoisotopic (exact) mass is 701 g/mol. The number of carbonyl (C=O) groups excluding carboxylic acids is 6. The number of terminal acetylenes is 1. The summed E-state index contributed by atoms with van der Waals surface area (Å²) >= 11 is 0. The molecule has 1 aromatic rings. The molecule has 0 aliphatic carbocycles. The van der Waals surface area contributed by atoms with Gasteiger partial charge in [0.15, 0.2) is 0 Å². The number of amides is 6. The van der Waals surface area contributed by atoms with Crippen LogP contribution in [0.15, 0.2) is 30.3 Å². The average molecular weight is 702 g/mol. The molecule has 1 aliphatic heterocycles. The zero-order valence-corrected chi connectivity index (χ0v) is 28.6. The van der Waals surface area contributed by atoms with Gasteiger partial charge in [0.2, 0.25) is 35.4 Å². The van der Waals surface area contributed by atoms with Gasteiger partial charge in [-0.15, -0.1) is 12.3 Å². The molecule has 2 rings (SSSR count). The summed E-state index contributed by atoms with van der Waals surface area (Å²) in [6.07, 6.45) is 7.49. The smallest absolute Gasteiger partial charge is 0.305 e. The second kappa shape index (κ2) is 27.5. The number of carboxylic acids is 1. The van der Waals surface area contributed by atoms with Crippen LogP contribution in [0.1, 0.15) is 56.9 Å². The third-order valence-electron chi connectivity index (χ3n) is 6.76. The molecule has 0 spiro atoms. The zero-order valence-electron chi connectivity index (χ0n) is 28.6. The number of nitrogens with two attached hydrogens (primary N) is 1. The highest BCUT2D eigenvalue weighted by atomic mass is 16.4. The molecule has 1 heterocycles. The number of nitrogens with one attached hydrogen (secondary N) is 8. The van der Waals surface area contributed by atoms with Gasteiger partial charge in [-0.1, -0.05) is 35.9 Å². The molecule has 11 N–H and O–H groups in total. The predicted octanol–water partition coefficient (Wildman–Crippen LogP) is -1.59. The Hall–Kier alpha value is -5.50.